The Morgan fingerprint density at radius 3 is 2.31 bits per heavy atom. The molecule has 82 valence electrons. The molecule has 0 saturated heterocycles. The van der Waals surface area contributed by atoms with Crippen molar-refractivity contribution < 1.29 is 13.2 Å². The Kier molecular flexibility index (Phi) is 2.69. The van der Waals surface area contributed by atoms with E-state index in [2.05, 4.69) is 0 Å². The third-order valence-electron chi connectivity index (χ3n) is 2.28. The lowest BCUT2D eigenvalue weighted by molar-refractivity contribution is -0.0790. The maximum atomic E-state index is 12.1. The third kappa shape index (κ3) is 2.42. The first-order chi connectivity index (χ1) is 7.56. The number of hydrogen-bond acceptors (Lipinski definition) is 0. The Balaban J connectivity index is 2.49. The van der Waals surface area contributed by atoms with Crippen LogP contribution >= 0.6 is 0 Å². The summed E-state index contributed by atoms with van der Waals surface area (Å²) in [5.74, 6) is 0. The summed E-state index contributed by atoms with van der Waals surface area (Å²) in [6.07, 6.45) is -2.91. The molecular formula is C13H9F3. The Hall–Kier alpha value is -1.77. The molecule has 0 aliphatic rings. The van der Waals surface area contributed by atoms with Gasteiger partial charge in [0.15, 0.2) is 0 Å². The molecular weight excluding hydrogens is 213 g/mol. The molecule has 0 radical (unpaired) electrons. The van der Waals surface area contributed by atoms with Crippen molar-refractivity contribution in [2.75, 3.05) is 0 Å². The summed E-state index contributed by atoms with van der Waals surface area (Å²) in [5, 5.41) is 1.76. The lowest BCUT2D eigenvalue weighted by Crippen LogP contribution is -2.00. The van der Waals surface area contributed by atoms with Crippen molar-refractivity contribution in [3.63, 3.8) is 0 Å². The van der Waals surface area contributed by atoms with Gasteiger partial charge in [0, 0.05) is 6.08 Å². The summed E-state index contributed by atoms with van der Waals surface area (Å²) >= 11 is 0. The number of benzene rings is 2. The highest BCUT2D eigenvalue weighted by Crippen LogP contribution is 2.23. The lowest BCUT2D eigenvalue weighted by atomic mass is 10.0. The molecule has 0 fully saturated rings. The summed E-state index contributed by atoms with van der Waals surface area (Å²) in [7, 11) is 0. The fraction of sp³-hybridized carbons (Fsp3) is 0.0769. The van der Waals surface area contributed by atoms with Gasteiger partial charge in [0.25, 0.3) is 0 Å². The van der Waals surface area contributed by atoms with E-state index in [-0.39, 0.29) is 6.08 Å². The van der Waals surface area contributed by atoms with Crippen LogP contribution in [0.2, 0.25) is 0 Å². The van der Waals surface area contributed by atoms with Gasteiger partial charge in [0.1, 0.15) is 0 Å². The second-order valence-electron chi connectivity index (χ2n) is 3.44. The van der Waals surface area contributed by atoms with E-state index in [4.69, 9.17) is 0 Å². The van der Waals surface area contributed by atoms with Gasteiger partial charge < -0.3 is 0 Å². The molecule has 0 unspecified atom stereocenters. The van der Waals surface area contributed by atoms with Crippen LogP contribution in [0, 0.1) is 0 Å². The van der Waals surface area contributed by atoms with Gasteiger partial charge in [0.05, 0.1) is 0 Å². The van der Waals surface area contributed by atoms with E-state index in [1.807, 2.05) is 30.3 Å². The average molecular weight is 222 g/mol. The van der Waals surface area contributed by atoms with Crippen molar-refractivity contribution >= 4 is 16.8 Å². The molecule has 0 aliphatic heterocycles. The van der Waals surface area contributed by atoms with Gasteiger partial charge in [-0.05, 0) is 22.4 Å². The summed E-state index contributed by atoms with van der Waals surface area (Å²) in [5.41, 5.74) is 0.579. The standard InChI is InChI=1S/C13H9F3/c14-13(15,16)9-8-11-6-3-5-10-4-1-2-7-12(10)11/h1-9H. The van der Waals surface area contributed by atoms with Gasteiger partial charge in [-0.1, -0.05) is 42.5 Å². The third-order valence-corrected chi connectivity index (χ3v) is 2.28. The van der Waals surface area contributed by atoms with E-state index in [1.165, 1.54) is 0 Å². The smallest absolute Gasteiger partial charge is 0.167 e. The molecule has 0 nitrogen and oxygen atoms in total. The van der Waals surface area contributed by atoms with E-state index < -0.39 is 6.18 Å². The van der Waals surface area contributed by atoms with E-state index in [0.717, 1.165) is 16.8 Å². The predicted octanol–water partition coefficient (Wildman–Crippen LogP) is 4.42. The topological polar surface area (TPSA) is 0 Å². The molecule has 0 heterocycles. The Morgan fingerprint density at radius 2 is 1.56 bits per heavy atom. The highest BCUT2D eigenvalue weighted by atomic mass is 19.4. The van der Waals surface area contributed by atoms with Crippen molar-refractivity contribution in [1.82, 2.24) is 0 Å². The number of fused-ring (bicyclic) bond motifs is 1. The van der Waals surface area contributed by atoms with Gasteiger partial charge in [0.2, 0.25) is 0 Å². The number of halogens is 3. The molecule has 0 aromatic heterocycles. The van der Waals surface area contributed by atoms with E-state index >= 15 is 0 Å². The van der Waals surface area contributed by atoms with Crippen molar-refractivity contribution in [2.24, 2.45) is 0 Å². The van der Waals surface area contributed by atoms with Gasteiger partial charge in [-0.15, -0.1) is 0 Å². The summed E-state index contributed by atoms with van der Waals surface area (Å²) < 4.78 is 36.2. The maximum Gasteiger partial charge on any atom is 0.409 e. The minimum Gasteiger partial charge on any atom is -0.167 e. The first-order valence-electron chi connectivity index (χ1n) is 4.80. The molecule has 3 heteroatoms. The van der Waals surface area contributed by atoms with Crippen LogP contribution in [-0.2, 0) is 0 Å². The van der Waals surface area contributed by atoms with Gasteiger partial charge in [-0.25, -0.2) is 0 Å². The molecule has 2 rings (SSSR count). The summed E-state index contributed by atoms with van der Waals surface area (Å²) in [6.45, 7) is 0. The van der Waals surface area contributed by atoms with Crippen LogP contribution in [0.1, 0.15) is 5.56 Å². The second-order valence-corrected chi connectivity index (χ2v) is 3.44. The molecule has 16 heavy (non-hydrogen) atoms. The van der Waals surface area contributed by atoms with Crippen LogP contribution in [0.15, 0.2) is 48.5 Å². The zero-order valence-corrected chi connectivity index (χ0v) is 8.33. The minimum absolute atomic E-state index is 0.259. The predicted molar refractivity (Wildman–Crippen MR) is 59.0 cm³/mol. The Morgan fingerprint density at radius 1 is 0.875 bits per heavy atom. The number of alkyl halides is 3. The molecule has 2 aromatic carbocycles. The molecule has 2 aromatic rings. The SMILES string of the molecule is FC(F)(F)C=Cc1cccc2ccccc12. The van der Waals surface area contributed by atoms with Crippen LogP contribution in [0.4, 0.5) is 13.2 Å². The van der Waals surface area contributed by atoms with Gasteiger partial charge in [-0.2, -0.15) is 13.2 Å². The molecule has 0 spiro atoms. The maximum absolute atomic E-state index is 12.1. The molecule has 0 amide bonds. The lowest BCUT2D eigenvalue weighted by Gasteiger charge is -2.02. The van der Waals surface area contributed by atoms with Crippen LogP contribution in [0.25, 0.3) is 16.8 Å². The Labute approximate surface area is 91.0 Å². The van der Waals surface area contributed by atoms with Gasteiger partial charge >= 0.3 is 6.18 Å². The molecule has 0 atom stereocenters. The van der Waals surface area contributed by atoms with E-state index in [1.54, 1.807) is 12.1 Å². The zero-order chi connectivity index (χ0) is 11.6. The molecule has 0 N–H and O–H groups in total. The summed E-state index contributed by atoms with van der Waals surface area (Å²) in [6, 6.07) is 12.7. The van der Waals surface area contributed by atoms with E-state index in [0.29, 0.717) is 5.56 Å². The quantitative estimate of drug-likeness (QED) is 0.670. The van der Waals surface area contributed by atoms with Crippen molar-refractivity contribution in [3.8, 4) is 0 Å². The largest absolute Gasteiger partial charge is 0.409 e. The minimum atomic E-state index is -4.27. The zero-order valence-electron chi connectivity index (χ0n) is 8.33. The van der Waals surface area contributed by atoms with Crippen molar-refractivity contribution in [1.29, 1.82) is 0 Å². The fourth-order valence-corrected chi connectivity index (χ4v) is 1.58. The first-order valence-corrected chi connectivity index (χ1v) is 4.80. The van der Waals surface area contributed by atoms with Crippen molar-refractivity contribution in [2.45, 2.75) is 6.18 Å². The summed E-state index contributed by atoms with van der Waals surface area (Å²) in [4.78, 5) is 0. The molecule has 0 bridgehead atoms. The van der Waals surface area contributed by atoms with Crippen LogP contribution in [-0.4, -0.2) is 6.18 Å². The van der Waals surface area contributed by atoms with Crippen LogP contribution in [0.3, 0.4) is 0 Å². The second kappa shape index (κ2) is 4.00. The molecule has 0 saturated carbocycles. The monoisotopic (exact) mass is 222 g/mol. The number of rotatable bonds is 1. The Bertz CT molecular complexity index is 519. The van der Waals surface area contributed by atoms with Crippen LogP contribution < -0.4 is 0 Å². The van der Waals surface area contributed by atoms with Gasteiger partial charge in [-0.3, -0.25) is 0 Å². The normalized spacial score (nSPS) is 12.4. The number of allylic oxidation sites excluding steroid dienone is 1. The van der Waals surface area contributed by atoms with Crippen molar-refractivity contribution in [3.05, 3.63) is 54.1 Å². The highest BCUT2D eigenvalue weighted by molar-refractivity contribution is 5.90. The van der Waals surface area contributed by atoms with Crippen LogP contribution in [0.5, 0.6) is 0 Å². The number of hydrogen-bond donors (Lipinski definition) is 0. The highest BCUT2D eigenvalue weighted by Gasteiger charge is 2.21. The first kappa shape index (κ1) is 10.7. The average Bonchev–Trinajstić information content (AvgIpc) is 2.25. The van der Waals surface area contributed by atoms with E-state index in [9.17, 15) is 13.2 Å². The fourth-order valence-electron chi connectivity index (χ4n) is 1.58. The molecule has 0 aliphatic carbocycles.